The van der Waals surface area contributed by atoms with E-state index in [4.69, 9.17) is 11.6 Å². The lowest BCUT2D eigenvalue weighted by molar-refractivity contribution is -0.140. The Kier molecular flexibility index (Phi) is 9.08. The molecule has 1 N–H and O–H groups in total. The first-order chi connectivity index (χ1) is 16.0. The average Bonchev–Trinajstić information content (AvgIpc) is 2.81. The van der Waals surface area contributed by atoms with Crippen LogP contribution < -0.4 is 5.32 Å². The van der Waals surface area contributed by atoms with Gasteiger partial charge in [-0.25, -0.2) is 0 Å². The molecule has 3 rings (SSSR count). The molecule has 0 fully saturated rings. The summed E-state index contributed by atoms with van der Waals surface area (Å²) < 4.78 is 0. The van der Waals surface area contributed by atoms with Crippen LogP contribution in [0.2, 0.25) is 5.02 Å². The maximum atomic E-state index is 13.7. The Bertz CT molecular complexity index is 1070. The van der Waals surface area contributed by atoms with Gasteiger partial charge >= 0.3 is 0 Å². The van der Waals surface area contributed by atoms with Crippen LogP contribution in [0.4, 0.5) is 0 Å². The molecular formula is C28H31ClN2O2. The Morgan fingerprint density at radius 1 is 0.939 bits per heavy atom. The van der Waals surface area contributed by atoms with Gasteiger partial charge in [-0.05, 0) is 36.1 Å². The van der Waals surface area contributed by atoms with Crippen LogP contribution in [0.5, 0.6) is 0 Å². The van der Waals surface area contributed by atoms with E-state index in [0.717, 1.165) is 28.7 Å². The van der Waals surface area contributed by atoms with Gasteiger partial charge in [0.1, 0.15) is 6.04 Å². The Morgan fingerprint density at radius 2 is 1.64 bits per heavy atom. The summed E-state index contributed by atoms with van der Waals surface area (Å²) in [5, 5.41) is 3.58. The average molecular weight is 463 g/mol. The van der Waals surface area contributed by atoms with Crippen molar-refractivity contribution in [1.29, 1.82) is 0 Å². The van der Waals surface area contributed by atoms with Crippen molar-refractivity contribution in [3.05, 3.63) is 106 Å². The van der Waals surface area contributed by atoms with E-state index in [2.05, 4.69) is 5.32 Å². The summed E-state index contributed by atoms with van der Waals surface area (Å²) in [6.45, 7) is 4.85. The molecule has 0 aromatic heterocycles. The van der Waals surface area contributed by atoms with E-state index < -0.39 is 6.04 Å². The fourth-order valence-corrected chi connectivity index (χ4v) is 4.02. The van der Waals surface area contributed by atoms with Gasteiger partial charge in [-0.2, -0.15) is 0 Å². The first-order valence-electron chi connectivity index (χ1n) is 11.4. The maximum absolute atomic E-state index is 13.7. The standard InChI is InChI=1S/C28H31ClN2O2/c1-3-16-30-28(33)26(18-22-11-5-4-6-12-22)31(20-24-14-7-8-15-25(24)29)27(32)19-23-13-9-10-21(2)17-23/h4-15,17,26H,3,16,18-20H2,1-2H3,(H,30,33)/t26-/m0/s1. The van der Waals surface area contributed by atoms with Crippen molar-refractivity contribution in [2.45, 2.75) is 45.7 Å². The maximum Gasteiger partial charge on any atom is 0.243 e. The molecule has 0 radical (unpaired) electrons. The molecule has 172 valence electrons. The lowest BCUT2D eigenvalue weighted by Crippen LogP contribution is -2.51. The molecule has 0 heterocycles. The normalized spacial score (nSPS) is 11.6. The fourth-order valence-electron chi connectivity index (χ4n) is 3.83. The summed E-state index contributed by atoms with van der Waals surface area (Å²) in [4.78, 5) is 28.6. The molecular weight excluding hydrogens is 432 g/mol. The fraction of sp³-hybridized carbons (Fsp3) is 0.286. The zero-order valence-electron chi connectivity index (χ0n) is 19.3. The Morgan fingerprint density at radius 3 is 2.33 bits per heavy atom. The summed E-state index contributed by atoms with van der Waals surface area (Å²) in [7, 11) is 0. The number of aryl methyl sites for hydroxylation is 1. The van der Waals surface area contributed by atoms with Crippen LogP contribution in [-0.2, 0) is 29.0 Å². The van der Waals surface area contributed by atoms with Crippen molar-refractivity contribution in [3.8, 4) is 0 Å². The minimum absolute atomic E-state index is 0.104. The lowest BCUT2D eigenvalue weighted by atomic mass is 10.0. The highest BCUT2D eigenvalue weighted by molar-refractivity contribution is 6.31. The summed E-state index contributed by atoms with van der Waals surface area (Å²) in [5.41, 5.74) is 3.84. The van der Waals surface area contributed by atoms with Crippen LogP contribution in [0.25, 0.3) is 0 Å². The molecule has 0 aliphatic rings. The van der Waals surface area contributed by atoms with E-state index in [9.17, 15) is 9.59 Å². The van der Waals surface area contributed by atoms with Crippen LogP contribution in [0.1, 0.15) is 35.6 Å². The van der Waals surface area contributed by atoms with Crippen molar-refractivity contribution in [2.75, 3.05) is 6.54 Å². The molecule has 5 heteroatoms. The van der Waals surface area contributed by atoms with Crippen molar-refractivity contribution < 1.29 is 9.59 Å². The molecule has 1 atom stereocenters. The summed E-state index contributed by atoms with van der Waals surface area (Å²) >= 11 is 6.44. The zero-order valence-corrected chi connectivity index (χ0v) is 20.0. The third kappa shape index (κ3) is 7.19. The molecule has 0 bridgehead atoms. The van der Waals surface area contributed by atoms with Gasteiger partial charge in [-0.1, -0.05) is 96.9 Å². The predicted molar refractivity (Wildman–Crippen MR) is 134 cm³/mol. The molecule has 0 aliphatic carbocycles. The summed E-state index contributed by atoms with van der Waals surface area (Å²) in [5.74, 6) is -0.251. The third-order valence-corrected chi connectivity index (χ3v) is 5.93. The second kappa shape index (κ2) is 12.2. The minimum Gasteiger partial charge on any atom is -0.354 e. The molecule has 3 aromatic carbocycles. The largest absolute Gasteiger partial charge is 0.354 e. The molecule has 33 heavy (non-hydrogen) atoms. The van der Waals surface area contributed by atoms with E-state index in [1.165, 1.54) is 0 Å². The number of rotatable bonds is 10. The van der Waals surface area contributed by atoms with Crippen molar-refractivity contribution in [1.82, 2.24) is 10.2 Å². The SMILES string of the molecule is CCCNC(=O)[C@H](Cc1ccccc1)N(Cc1ccccc1Cl)C(=O)Cc1cccc(C)c1. The van der Waals surface area contributed by atoms with Crippen LogP contribution in [0.3, 0.4) is 0 Å². The van der Waals surface area contributed by atoms with Gasteiger partial charge in [-0.15, -0.1) is 0 Å². The van der Waals surface area contributed by atoms with Gasteiger partial charge in [0.15, 0.2) is 0 Å². The molecule has 0 saturated carbocycles. The number of hydrogen-bond donors (Lipinski definition) is 1. The van der Waals surface area contributed by atoms with Gasteiger partial charge in [0.2, 0.25) is 11.8 Å². The third-order valence-electron chi connectivity index (χ3n) is 5.56. The highest BCUT2D eigenvalue weighted by Crippen LogP contribution is 2.21. The molecule has 0 spiro atoms. The topological polar surface area (TPSA) is 49.4 Å². The molecule has 2 amide bonds. The van der Waals surface area contributed by atoms with Gasteiger partial charge < -0.3 is 10.2 Å². The summed E-state index contributed by atoms with van der Waals surface area (Å²) in [6, 6.07) is 24.5. The molecule has 4 nitrogen and oxygen atoms in total. The van der Waals surface area contributed by atoms with E-state index >= 15 is 0 Å². The first-order valence-corrected chi connectivity index (χ1v) is 11.8. The van der Waals surface area contributed by atoms with Gasteiger partial charge in [-0.3, -0.25) is 9.59 Å². The monoisotopic (exact) mass is 462 g/mol. The molecule has 0 aliphatic heterocycles. The Balaban J connectivity index is 1.96. The van der Waals surface area contributed by atoms with Crippen LogP contribution in [-0.4, -0.2) is 29.3 Å². The Hall–Kier alpha value is -3.11. The summed E-state index contributed by atoms with van der Waals surface area (Å²) in [6.07, 6.45) is 1.48. The number of nitrogens with one attached hydrogen (secondary N) is 1. The second-order valence-corrected chi connectivity index (χ2v) is 8.68. The number of carbonyl (C=O) groups excluding carboxylic acids is 2. The van der Waals surface area contributed by atoms with E-state index in [-0.39, 0.29) is 24.8 Å². The quantitative estimate of drug-likeness (QED) is 0.441. The highest BCUT2D eigenvalue weighted by Gasteiger charge is 2.30. The Labute approximate surface area is 201 Å². The second-order valence-electron chi connectivity index (χ2n) is 8.28. The number of amides is 2. The minimum atomic E-state index is -0.646. The number of benzene rings is 3. The smallest absolute Gasteiger partial charge is 0.243 e. The van der Waals surface area contributed by atoms with E-state index in [0.29, 0.717) is 18.0 Å². The van der Waals surface area contributed by atoms with Crippen LogP contribution >= 0.6 is 11.6 Å². The predicted octanol–water partition coefficient (Wildman–Crippen LogP) is 5.36. The molecule has 0 unspecified atom stereocenters. The van der Waals surface area contributed by atoms with Crippen molar-refractivity contribution in [3.63, 3.8) is 0 Å². The van der Waals surface area contributed by atoms with E-state index in [1.54, 1.807) is 4.90 Å². The van der Waals surface area contributed by atoms with Crippen LogP contribution in [0.15, 0.2) is 78.9 Å². The number of carbonyl (C=O) groups is 2. The lowest BCUT2D eigenvalue weighted by Gasteiger charge is -2.32. The molecule has 0 saturated heterocycles. The van der Waals surface area contributed by atoms with Gasteiger partial charge in [0, 0.05) is 24.5 Å². The van der Waals surface area contributed by atoms with E-state index in [1.807, 2.05) is 92.7 Å². The van der Waals surface area contributed by atoms with Crippen molar-refractivity contribution >= 4 is 23.4 Å². The number of nitrogens with zero attached hydrogens (tertiary/aromatic N) is 1. The molecule has 3 aromatic rings. The van der Waals surface area contributed by atoms with Crippen molar-refractivity contribution in [2.24, 2.45) is 0 Å². The van der Waals surface area contributed by atoms with Crippen LogP contribution in [0, 0.1) is 6.92 Å². The zero-order chi connectivity index (χ0) is 23.6. The van der Waals surface area contributed by atoms with Gasteiger partial charge in [0.05, 0.1) is 6.42 Å². The highest BCUT2D eigenvalue weighted by atomic mass is 35.5. The number of halogens is 1. The van der Waals surface area contributed by atoms with Gasteiger partial charge in [0.25, 0.3) is 0 Å². The first kappa shape index (κ1) is 24.5. The number of hydrogen-bond acceptors (Lipinski definition) is 2.